The average Bonchev–Trinajstić information content (AvgIpc) is 2.59. The van der Waals surface area contributed by atoms with Gasteiger partial charge in [-0.2, -0.15) is 0 Å². The first-order valence-electron chi connectivity index (χ1n) is 7.56. The largest absolute Gasteiger partial charge is 0.387 e. The molecule has 1 unspecified atom stereocenters. The number of benzene rings is 2. The lowest BCUT2D eigenvalue weighted by atomic mass is 10.1. The van der Waals surface area contributed by atoms with Gasteiger partial charge < -0.3 is 15.3 Å². The number of rotatable bonds is 7. The van der Waals surface area contributed by atoms with Crippen LogP contribution in [0.1, 0.15) is 11.7 Å². The Balaban J connectivity index is 1.77. The summed E-state index contributed by atoms with van der Waals surface area (Å²) in [4.78, 5) is 14.6. The molecular formula is C18H21FN2O2S. The zero-order chi connectivity index (χ0) is 17.5. The molecule has 1 atom stereocenters. The highest BCUT2D eigenvalue weighted by molar-refractivity contribution is 8.00. The van der Waals surface area contributed by atoms with Crippen LogP contribution in [0.3, 0.4) is 0 Å². The van der Waals surface area contributed by atoms with Crippen LogP contribution in [0.15, 0.2) is 53.4 Å². The van der Waals surface area contributed by atoms with Crippen LogP contribution in [0.25, 0.3) is 0 Å². The third-order valence-corrected chi connectivity index (χ3v) is 4.48. The Morgan fingerprint density at radius 3 is 2.38 bits per heavy atom. The number of hydrogen-bond donors (Lipinski definition) is 2. The van der Waals surface area contributed by atoms with E-state index in [1.54, 1.807) is 12.1 Å². The molecular weight excluding hydrogens is 327 g/mol. The van der Waals surface area contributed by atoms with Gasteiger partial charge in [0.1, 0.15) is 5.82 Å². The highest BCUT2D eigenvalue weighted by Crippen LogP contribution is 2.19. The number of carbonyl (C=O) groups excluding carboxylic acids is 1. The molecule has 0 fully saturated rings. The number of amides is 1. The second-order valence-corrected chi connectivity index (χ2v) is 6.60. The summed E-state index contributed by atoms with van der Waals surface area (Å²) >= 11 is 1.32. The summed E-state index contributed by atoms with van der Waals surface area (Å²) in [5, 5.41) is 12.8. The lowest BCUT2D eigenvalue weighted by Gasteiger charge is -2.15. The van der Waals surface area contributed by atoms with E-state index in [0.717, 1.165) is 16.1 Å². The molecule has 0 aliphatic carbocycles. The maximum Gasteiger partial charge on any atom is 0.230 e. The Morgan fingerprint density at radius 1 is 1.17 bits per heavy atom. The molecule has 0 bridgehead atoms. The molecule has 0 saturated carbocycles. The van der Waals surface area contributed by atoms with E-state index in [4.69, 9.17) is 0 Å². The Bertz CT molecular complexity index is 660. The minimum Gasteiger partial charge on any atom is -0.387 e. The number of carbonyl (C=O) groups is 1. The number of aliphatic hydroxyl groups is 1. The molecule has 128 valence electrons. The smallest absolute Gasteiger partial charge is 0.230 e. The van der Waals surface area contributed by atoms with E-state index in [2.05, 4.69) is 5.32 Å². The number of nitrogens with zero attached hydrogens (tertiary/aromatic N) is 1. The topological polar surface area (TPSA) is 52.6 Å². The lowest BCUT2D eigenvalue weighted by molar-refractivity contribution is -0.119. The van der Waals surface area contributed by atoms with Gasteiger partial charge in [0, 0.05) is 31.2 Å². The van der Waals surface area contributed by atoms with Crippen molar-refractivity contribution in [2.75, 3.05) is 31.3 Å². The minimum absolute atomic E-state index is 0.157. The molecule has 4 nitrogen and oxygen atoms in total. The molecule has 0 aliphatic rings. The second-order valence-electron chi connectivity index (χ2n) is 5.55. The summed E-state index contributed by atoms with van der Waals surface area (Å²) in [6, 6.07) is 13.5. The molecule has 0 aliphatic heterocycles. The van der Waals surface area contributed by atoms with Gasteiger partial charge in [-0.3, -0.25) is 4.79 Å². The van der Waals surface area contributed by atoms with Gasteiger partial charge in [0.2, 0.25) is 5.91 Å². The van der Waals surface area contributed by atoms with Crippen molar-refractivity contribution in [3.05, 3.63) is 59.9 Å². The van der Waals surface area contributed by atoms with Crippen molar-refractivity contribution in [1.29, 1.82) is 0 Å². The van der Waals surface area contributed by atoms with Crippen LogP contribution >= 0.6 is 11.8 Å². The number of aliphatic hydroxyl groups excluding tert-OH is 1. The number of thioether (sulfide) groups is 1. The summed E-state index contributed by atoms with van der Waals surface area (Å²) < 4.78 is 12.8. The molecule has 2 N–H and O–H groups in total. The first-order valence-corrected chi connectivity index (χ1v) is 8.54. The summed E-state index contributed by atoms with van der Waals surface area (Å²) in [5.41, 5.74) is 1.80. The normalized spacial score (nSPS) is 11.8. The minimum atomic E-state index is -0.749. The van der Waals surface area contributed by atoms with Crippen molar-refractivity contribution in [1.82, 2.24) is 5.32 Å². The highest BCUT2D eigenvalue weighted by atomic mass is 32.2. The molecule has 0 radical (unpaired) electrons. The number of anilines is 1. The van der Waals surface area contributed by atoms with Gasteiger partial charge in [-0.15, -0.1) is 11.8 Å². The van der Waals surface area contributed by atoms with Crippen LogP contribution in [0.4, 0.5) is 10.1 Å². The molecule has 0 aromatic heterocycles. The predicted octanol–water partition coefficient (Wildman–Crippen LogP) is 2.83. The zero-order valence-corrected chi connectivity index (χ0v) is 14.5. The summed E-state index contributed by atoms with van der Waals surface area (Å²) in [7, 11) is 3.90. The molecule has 2 aromatic rings. The Hall–Kier alpha value is -2.05. The van der Waals surface area contributed by atoms with E-state index in [1.807, 2.05) is 43.3 Å². The van der Waals surface area contributed by atoms with E-state index in [-0.39, 0.29) is 24.0 Å². The monoisotopic (exact) mass is 348 g/mol. The van der Waals surface area contributed by atoms with E-state index in [0.29, 0.717) is 0 Å². The molecule has 2 aromatic carbocycles. The van der Waals surface area contributed by atoms with Crippen molar-refractivity contribution in [3.63, 3.8) is 0 Å². The van der Waals surface area contributed by atoms with Gasteiger partial charge >= 0.3 is 0 Å². The molecule has 1 amide bonds. The van der Waals surface area contributed by atoms with Crippen LogP contribution in [-0.4, -0.2) is 37.4 Å². The average molecular weight is 348 g/mol. The van der Waals surface area contributed by atoms with Gasteiger partial charge in [-0.1, -0.05) is 12.1 Å². The second kappa shape index (κ2) is 8.70. The van der Waals surface area contributed by atoms with E-state index in [9.17, 15) is 14.3 Å². The van der Waals surface area contributed by atoms with Crippen LogP contribution < -0.4 is 10.2 Å². The van der Waals surface area contributed by atoms with Crippen molar-refractivity contribution >= 4 is 23.4 Å². The van der Waals surface area contributed by atoms with Crippen LogP contribution in [0.5, 0.6) is 0 Å². The molecule has 6 heteroatoms. The SMILES string of the molecule is CN(C)c1ccc(C(O)CNC(=O)CSc2ccc(F)cc2)cc1. The lowest BCUT2D eigenvalue weighted by Crippen LogP contribution is -2.29. The maximum absolute atomic E-state index is 12.8. The van der Waals surface area contributed by atoms with Gasteiger partial charge in [0.15, 0.2) is 0 Å². The Labute approximate surface area is 145 Å². The predicted molar refractivity (Wildman–Crippen MR) is 95.9 cm³/mol. The van der Waals surface area contributed by atoms with E-state index >= 15 is 0 Å². The van der Waals surface area contributed by atoms with Crippen molar-refractivity contribution in [3.8, 4) is 0 Å². The fourth-order valence-electron chi connectivity index (χ4n) is 2.05. The molecule has 24 heavy (non-hydrogen) atoms. The molecule has 0 saturated heterocycles. The number of hydrogen-bond acceptors (Lipinski definition) is 4. The standard InChI is InChI=1S/C18H21FN2O2S/c1-21(2)15-7-3-13(4-8-15)17(22)11-20-18(23)12-24-16-9-5-14(19)6-10-16/h3-10,17,22H,11-12H2,1-2H3,(H,20,23). The third-order valence-electron chi connectivity index (χ3n) is 3.47. The van der Waals surface area contributed by atoms with Gasteiger partial charge in [0.05, 0.1) is 11.9 Å². The van der Waals surface area contributed by atoms with E-state index in [1.165, 1.54) is 23.9 Å². The quantitative estimate of drug-likeness (QED) is 0.756. The Morgan fingerprint density at radius 2 is 1.79 bits per heavy atom. The van der Waals surface area contributed by atoms with Crippen LogP contribution in [0.2, 0.25) is 0 Å². The van der Waals surface area contributed by atoms with Crippen molar-refractivity contribution < 1.29 is 14.3 Å². The molecule has 2 rings (SSSR count). The highest BCUT2D eigenvalue weighted by Gasteiger charge is 2.10. The molecule has 0 heterocycles. The number of halogens is 1. The van der Waals surface area contributed by atoms with Gasteiger partial charge in [-0.05, 0) is 42.0 Å². The summed E-state index contributed by atoms with van der Waals surface area (Å²) in [5.74, 6) is -0.252. The van der Waals surface area contributed by atoms with E-state index < -0.39 is 6.10 Å². The summed E-state index contributed by atoms with van der Waals surface area (Å²) in [6.07, 6.45) is -0.749. The Kier molecular flexibility index (Phi) is 6.63. The fourth-order valence-corrected chi connectivity index (χ4v) is 2.78. The van der Waals surface area contributed by atoms with Crippen molar-refractivity contribution in [2.24, 2.45) is 0 Å². The summed E-state index contributed by atoms with van der Waals surface area (Å²) in [6.45, 7) is 0.157. The zero-order valence-electron chi connectivity index (χ0n) is 13.7. The maximum atomic E-state index is 12.8. The number of nitrogens with one attached hydrogen (secondary N) is 1. The van der Waals surface area contributed by atoms with Gasteiger partial charge in [-0.25, -0.2) is 4.39 Å². The molecule has 0 spiro atoms. The third kappa shape index (κ3) is 5.54. The van der Waals surface area contributed by atoms with Crippen LogP contribution in [0, 0.1) is 5.82 Å². The first kappa shape index (κ1) is 18.3. The van der Waals surface area contributed by atoms with Crippen molar-refractivity contribution in [2.45, 2.75) is 11.0 Å². The van der Waals surface area contributed by atoms with Gasteiger partial charge in [0.25, 0.3) is 0 Å². The fraction of sp³-hybridized carbons (Fsp3) is 0.278. The first-order chi connectivity index (χ1) is 11.5. The van der Waals surface area contributed by atoms with Crippen LogP contribution in [-0.2, 0) is 4.79 Å².